The van der Waals surface area contributed by atoms with E-state index < -0.39 is 5.41 Å². The van der Waals surface area contributed by atoms with Gasteiger partial charge in [0.25, 0.3) is 0 Å². The molecular formula is C59H38N4. The Morgan fingerprint density at radius 1 is 0.302 bits per heavy atom. The van der Waals surface area contributed by atoms with Gasteiger partial charge in [0, 0.05) is 16.7 Å². The lowest BCUT2D eigenvalue weighted by atomic mass is 9.67. The van der Waals surface area contributed by atoms with Crippen molar-refractivity contribution in [1.82, 2.24) is 15.0 Å². The van der Waals surface area contributed by atoms with Crippen LogP contribution >= 0.6 is 0 Å². The molecule has 10 aromatic rings. The highest BCUT2D eigenvalue weighted by atomic mass is 15.0. The van der Waals surface area contributed by atoms with Crippen molar-refractivity contribution in [1.29, 1.82) is 5.26 Å². The molecule has 0 saturated heterocycles. The molecule has 0 amide bonds. The topological polar surface area (TPSA) is 62.5 Å². The van der Waals surface area contributed by atoms with E-state index in [1.807, 2.05) is 42.5 Å². The summed E-state index contributed by atoms with van der Waals surface area (Å²) >= 11 is 0. The molecule has 0 spiro atoms. The smallest absolute Gasteiger partial charge is 0.164 e. The van der Waals surface area contributed by atoms with Gasteiger partial charge in [0.2, 0.25) is 0 Å². The second-order valence-corrected chi connectivity index (χ2v) is 15.9. The van der Waals surface area contributed by atoms with Gasteiger partial charge in [-0.25, -0.2) is 15.0 Å². The molecule has 9 aromatic carbocycles. The zero-order chi connectivity index (χ0) is 42.2. The van der Waals surface area contributed by atoms with Crippen molar-refractivity contribution in [3.63, 3.8) is 0 Å². The number of rotatable bonds is 8. The van der Waals surface area contributed by atoms with Gasteiger partial charge >= 0.3 is 0 Å². The summed E-state index contributed by atoms with van der Waals surface area (Å²) in [5.41, 5.74) is 17.2. The Balaban J connectivity index is 1.00. The van der Waals surface area contributed by atoms with Crippen LogP contribution in [0.5, 0.6) is 0 Å². The van der Waals surface area contributed by atoms with Gasteiger partial charge in [-0.3, -0.25) is 0 Å². The maximum absolute atomic E-state index is 9.37. The molecule has 0 atom stereocenters. The summed E-state index contributed by atoms with van der Waals surface area (Å²) in [6.07, 6.45) is 0. The molecule has 294 valence electrons. The highest BCUT2D eigenvalue weighted by Crippen LogP contribution is 2.58. The summed E-state index contributed by atoms with van der Waals surface area (Å²) in [7, 11) is 0. The van der Waals surface area contributed by atoms with Crippen LogP contribution in [-0.4, -0.2) is 15.0 Å². The minimum absolute atomic E-state index is 0.497. The number of fused-ring (bicyclic) bond motifs is 3. The number of hydrogen-bond acceptors (Lipinski definition) is 4. The number of benzene rings is 9. The van der Waals surface area contributed by atoms with Crippen molar-refractivity contribution >= 4 is 0 Å². The van der Waals surface area contributed by atoms with Crippen molar-refractivity contribution in [2.75, 3.05) is 0 Å². The molecule has 1 heterocycles. The first-order valence-corrected chi connectivity index (χ1v) is 21.2. The predicted octanol–water partition coefficient (Wildman–Crippen LogP) is 14.1. The first-order chi connectivity index (χ1) is 31.2. The van der Waals surface area contributed by atoms with Gasteiger partial charge in [-0.1, -0.05) is 194 Å². The van der Waals surface area contributed by atoms with Crippen molar-refractivity contribution in [2.24, 2.45) is 0 Å². The molecule has 0 N–H and O–H groups in total. The van der Waals surface area contributed by atoms with Gasteiger partial charge in [0.05, 0.1) is 17.0 Å². The lowest BCUT2D eigenvalue weighted by Gasteiger charge is -2.34. The Morgan fingerprint density at radius 2 is 0.683 bits per heavy atom. The van der Waals surface area contributed by atoms with Crippen LogP contribution in [0.15, 0.2) is 231 Å². The monoisotopic (exact) mass is 802 g/mol. The average molecular weight is 803 g/mol. The van der Waals surface area contributed by atoms with E-state index in [1.54, 1.807) is 12.1 Å². The minimum Gasteiger partial charge on any atom is -0.208 e. The molecule has 1 aliphatic carbocycles. The Hall–Kier alpha value is -8.52. The second-order valence-electron chi connectivity index (χ2n) is 15.9. The van der Waals surface area contributed by atoms with Crippen molar-refractivity contribution in [3.05, 3.63) is 258 Å². The summed E-state index contributed by atoms with van der Waals surface area (Å²) in [6.45, 7) is 0. The van der Waals surface area contributed by atoms with Crippen LogP contribution in [0.25, 0.3) is 78.7 Å². The lowest BCUT2D eigenvalue weighted by Crippen LogP contribution is -2.28. The third kappa shape index (κ3) is 6.61. The molecule has 1 aromatic heterocycles. The minimum atomic E-state index is -0.497. The number of nitrogens with zero attached hydrogens (tertiary/aromatic N) is 4. The third-order valence-electron chi connectivity index (χ3n) is 12.3. The van der Waals surface area contributed by atoms with Gasteiger partial charge in [-0.05, 0) is 103 Å². The number of hydrogen-bond donors (Lipinski definition) is 0. The fourth-order valence-corrected chi connectivity index (χ4v) is 9.28. The maximum atomic E-state index is 9.37. The van der Waals surface area contributed by atoms with Crippen LogP contribution in [0.2, 0.25) is 0 Å². The van der Waals surface area contributed by atoms with Crippen LogP contribution in [0.3, 0.4) is 0 Å². The molecule has 11 rings (SSSR count). The van der Waals surface area contributed by atoms with E-state index in [4.69, 9.17) is 15.0 Å². The Kier molecular flexibility index (Phi) is 9.41. The normalized spacial score (nSPS) is 12.2. The Bertz CT molecular complexity index is 3250. The summed E-state index contributed by atoms with van der Waals surface area (Å²) in [6, 6.07) is 83.4. The molecule has 0 fully saturated rings. The van der Waals surface area contributed by atoms with Crippen molar-refractivity contribution < 1.29 is 0 Å². The molecule has 0 saturated carbocycles. The standard InChI is InChI=1S/C59H38N4/c60-39-40-25-27-46(28-26-40)57-61-56(45-17-7-2-8-18-45)62-58(63-57)47-35-31-42(32-36-47)41-29-33-44(34-30-41)52-38-55-53(37-51(52)43-15-5-1-6-16-43)50-23-13-14-24-54(50)59(55,48-19-9-3-10-20-48)49-21-11-4-12-22-49/h1-38H. The van der Waals surface area contributed by atoms with E-state index in [9.17, 15) is 5.26 Å². The SMILES string of the molecule is N#Cc1ccc(-c2nc(-c3ccccc3)nc(-c3ccc(-c4ccc(-c5cc6c(cc5-c5ccccc5)-c5ccccc5C6(c5ccccc5)c5ccccc5)cc4)cc3)n2)cc1. The van der Waals surface area contributed by atoms with Gasteiger partial charge < -0.3 is 0 Å². The number of nitriles is 1. The van der Waals surface area contributed by atoms with Crippen LogP contribution in [0, 0.1) is 11.3 Å². The molecule has 0 aliphatic heterocycles. The van der Waals surface area contributed by atoms with E-state index in [0.717, 1.165) is 33.4 Å². The van der Waals surface area contributed by atoms with E-state index in [-0.39, 0.29) is 0 Å². The summed E-state index contributed by atoms with van der Waals surface area (Å²) < 4.78 is 0. The van der Waals surface area contributed by atoms with E-state index >= 15 is 0 Å². The molecule has 63 heavy (non-hydrogen) atoms. The quantitative estimate of drug-likeness (QED) is 0.153. The van der Waals surface area contributed by atoms with E-state index in [1.165, 1.54) is 50.1 Å². The zero-order valence-corrected chi connectivity index (χ0v) is 34.2. The van der Waals surface area contributed by atoms with Gasteiger partial charge in [-0.15, -0.1) is 0 Å². The maximum Gasteiger partial charge on any atom is 0.164 e. The van der Waals surface area contributed by atoms with Gasteiger partial charge in [0.15, 0.2) is 17.5 Å². The van der Waals surface area contributed by atoms with Gasteiger partial charge in [0.1, 0.15) is 0 Å². The lowest BCUT2D eigenvalue weighted by molar-refractivity contribution is 0.769. The molecule has 4 heteroatoms. The largest absolute Gasteiger partial charge is 0.208 e. The second kappa shape index (κ2) is 15.8. The predicted molar refractivity (Wildman–Crippen MR) is 254 cm³/mol. The molecule has 1 aliphatic rings. The third-order valence-corrected chi connectivity index (χ3v) is 12.3. The average Bonchev–Trinajstić information content (AvgIpc) is 3.67. The molecule has 0 radical (unpaired) electrons. The Labute approximate surface area is 367 Å². The summed E-state index contributed by atoms with van der Waals surface area (Å²) in [4.78, 5) is 14.7. The molecule has 0 unspecified atom stereocenters. The summed E-state index contributed by atoms with van der Waals surface area (Å²) in [5, 5.41) is 9.37. The van der Waals surface area contributed by atoms with Crippen LogP contribution in [0.4, 0.5) is 0 Å². The van der Waals surface area contributed by atoms with E-state index in [2.05, 4.69) is 182 Å². The molecule has 0 bridgehead atoms. The summed E-state index contributed by atoms with van der Waals surface area (Å²) in [5.74, 6) is 1.73. The Morgan fingerprint density at radius 3 is 1.21 bits per heavy atom. The zero-order valence-electron chi connectivity index (χ0n) is 34.2. The highest BCUT2D eigenvalue weighted by molar-refractivity contribution is 5.95. The van der Waals surface area contributed by atoms with Crippen LogP contribution in [-0.2, 0) is 5.41 Å². The fraction of sp³-hybridized carbons (Fsp3) is 0.0169. The van der Waals surface area contributed by atoms with Crippen LogP contribution in [0.1, 0.15) is 27.8 Å². The van der Waals surface area contributed by atoms with E-state index in [0.29, 0.717) is 23.0 Å². The molecular weight excluding hydrogens is 765 g/mol. The highest BCUT2D eigenvalue weighted by Gasteiger charge is 2.46. The van der Waals surface area contributed by atoms with Crippen LogP contribution < -0.4 is 0 Å². The first-order valence-electron chi connectivity index (χ1n) is 21.2. The fourth-order valence-electron chi connectivity index (χ4n) is 9.28. The number of aromatic nitrogens is 3. The molecule has 4 nitrogen and oxygen atoms in total. The first kappa shape index (κ1) is 37.5. The van der Waals surface area contributed by atoms with Gasteiger partial charge in [-0.2, -0.15) is 5.26 Å². The van der Waals surface area contributed by atoms with Crippen molar-refractivity contribution in [3.8, 4) is 84.7 Å². The van der Waals surface area contributed by atoms with Crippen molar-refractivity contribution in [2.45, 2.75) is 5.41 Å².